The summed E-state index contributed by atoms with van der Waals surface area (Å²) in [4.78, 5) is 4.46. The Kier molecular flexibility index (Phi) is 3.60. The van der Waals surface area contributed by atoms with E-state index < -0.39 is 0 Å². The zero-order valence-corrected chi connectivity index (χ0v) is 12.2. The minimum Gasteiger partial charge on any atom is -0.374 e. The maximum Gasteiger partial charge on any atom is 0.248 e. The first-order chi connectivity index (χ1) is 8.86. The van der Waals surface area contributed by atoms with Crippen LogP contribution in [0.3, 0.4) is 0 Å². The average molecular weight is 259 g/mol. The molecule has 0 saturated carbocycles. The van der Waals surface area contributed by atoms with Crippen molar-refractivity contribution in [1.82, 2.24) is 10.1 Å². The SMILES string of the molecule is Cc1cccc(NC(C)c2nc(C(C)(C)C)no2)c1. The van der Waals surface area contributed by atoms with Gasteiger partial charge >= 0.3 is 0 Å². The zero-order chi connectivity index (χ0) is 14.0. The molecule has 19 heavy (non-hydrogen) atoms. The van der Waals surface area contributed by atoms with Gasteiger partial charge in [-0.2, -0.15) is 4.98 Å². The van der Waals surface area contributed by atoms with Crippen LogP contribution in [0.25, 0.3) is 0 Å². The summed E-state index contributed by atoms with van der Waals surface area (Å²) in [5.41, 5.74) is 2.19. The quantitative estimate of drug-likeness (QED) is 0.909. The number of rotatable bonds is 3. The minimum absolute atomic E-state index is 0.00889. The van der Waals surface area contributed by atoms with Gasteiger partial charge in [-0.1, -0.05) is 38.1 Å². The van der Waals surface area contributed by atoms with E-state index in [1.54, 1.807) is 0 Å². The van der Waals surface area contributed by atoms with Gasteiger partial charge in [-0.05, 0) is 31.5 Å². The minimum atomic E-state index is -0.0925. The van der Waals surface area contributed by atoms with E-state index in [-0.39, 0.29) is 11.5 Å². The monoisotopic (exact) mass is 259 g/mol. The van der Waals surface area contributed by atoms with E-state index in [2.05, 4.69) is 55.3 Å². The highest BCUT2D eigenvalue weighted by atomic mass is 16.5. The van der Waals surface area contributed by atoms with E-state index >= 15 is 0 Å². The van der Waals surface area contributed by atoms with Crippen LogP contribution in [0.1, 0.15) is 51.0 Å². The van der Waals surface area contributed by atoms with Gasteiger partial charge in [-0.25, -0.2) is 0 Å². The van der Waals surface area contributed by atoms with Crippen LogP contribution in [-0.4, -0.2) is 10.1 Å². The third-order valence-electron chi connectivity index (χ3n) is 2.88. The van der Waals surface area contributed by atoms with E-state index in [0.29, 0.717) is 5.89 Å². The number of hydrogen-bond acceptors (Lipinski definition) is 4. The number of hydrogen-bond donors (Lipinski definition) is 1. The van der Waals surface area contributed by atoms with Crippen molar-refractivity contribution < 1.29 is 4.52 Å². The summed E-state index contributed by atoms with van der Waals surface area (Å²) in [7, 11) is 0. The molecule has 2 aromatic rings. The molecule has 1 aromatic carbocycles. The van der Waals surface area contributed by atoms with Gasteiger partial charge in [0.2, 0.25) is 5.89 Å². The first-order valence-corrected chi connectivity index (χ1v) is 6.53. The molecule has 4 nitrogen and oxygen atoms in total. The molecule has 2 rings (SSSR count). The van der Waals surface area contributed by atoms with E-state index in [4.69, 9.17) is 4.52 Å². The number of nitrogens with one attached hydrogen (secondary N) is 1. The largest absolute Gasteiger partial charge is 0.374 e. The second kappa shape index (κ2) is 5.03. The molecule has 0 spiro atoms. The Balaban J connectivity index is 2.12. The molecule has 0 amide bonds. The summed E-state index contributed by atoms with van der Waals surface area (Å²) >= 11 is 0. The van der Waals surface area contributed by atoms with Crippen molar-refractivity contribution in [2.45, 2.75) is 46.1 Å². The van der Waals surface area contributed by atoms with Gasteiger partial charge in [0.05, 0.1) is 0 Å². The van der Waals surface area contributed by atoms with Crippen LogP contribution in [0, 0.1) is 6.92 Å². The zero-order valence-electron chi connectivity index (χ0n) is 12.2. The predicted octanol–water partition coefficient (Wildman–Crippen LogP) is 3.85. The van der Waals surface area contributed by atoms with Crippen molar-refractivity contribution in [2.75, 3.05) is 5.32 Å². The van der Waals surface area contributed by atoms with E-state index in [1.165, 1.54) is 5.56 Å². The first kappa shape index (κ1) is 13.6. The van der Waals surface area contributed by atoms with E-state index in [9.17, 15) is 0 Å². The molecule has 4 heteroatoms. The lowest BCUT2D eigenvalue weighted by atomic mass is 9.96. The molecule has 1 N–H and O–H groups in total. The van der Waals surface area contributed by atoms with Crippen LogP contribution in [0.5, 0.6) is 0 Å². The molecule has 1 aromatic heterocycles. The lowest BCUT2D eigenvalue weighted by Crippen LogP contribution is -2.14. The molecular formula is C15H21N3O. The van der Waals surface area contributed by atoms with Gasteiger partial charge in [0, 0.05) is 11.1 Å². The van der Waals surface area contributed by atoms with E-state index in [0.717, 1.165) is 11.5 Å². The molecule has 0 bridgehead atoms. The summed E-state index contributed by atoms with van der Waals surface area (Å²) in [6.45, 7) is 10.3. The highest BCUT2D eigenvalue weighted by Gasteiger charge is 2.23. The van der Waals surface area contributed by atoms with Crippen molar-refractivity contribution in [3.8, 4) is 0 Å². The van der Waals surface area contributed by atoms with Crippen LogP contribution in [-0.2, 0) is 5.41 Å². The average Bonchev–Trinajstić information content (AvgIpc) is 2.77. The topological polar surface area (TPSA) is 51.0 Å². The standard InChI is InChI=1S/C15H21N3O/c1-10-7-6-8-12(9-10)16-11(2)13-17-14(18-19-13)15(3,4)5/h6-9,11,16H,1-5H3. The second-order valence-corrected chi connectivity index (χ2v) is 5.94. The molecule has 0 aliphatic heterocycles. The predicted molar refractivity (Wildman–Crippen MR) is 76.2 cm³/mol. The van der Waals surface area contributed by atoms with Gasteiger partial charge in [-0.3, -0.25) is 0 Å². The fraction of sp³-hybridized carbons (Fsp3) is 0.467. The summed E-state index contributed by atoms with van der Waals surface area (Å²) in [6, 6.07) is 8.21. The fourth-order valence-corrected chi connectivity index (χ4v) is 1.76. The van der Waals surface area contributed by atoms with Crippen LogP contribution < -0.4 is 5.32 Å². The third-order valence-corrected chi connectivity index (χ3v) is 2.88. The van der Waals surface area contributed by atoms with Gasteiger partial charge in [0.25, 0.3) is 0 Å². The molecule has 0 saturated heterocycles. The molecule has 1 unspecified atom stereocenters. The van der Waals surface area contributed by atoms with Crippen LogP contribution in [0.15, 0.2) is 28.8 Å². The molecule has 0 aliphatic carbocycles. The van der Waals surface area contributed by atoms with Crippen molar-refractivity contribution in [3.05, 3.63) is 41.5 Å². The molecule has 0 radical (unpaired) electrons. The first-order valence-electron chi connectivity index (χ1n) is 6.53. The number of benzene rings is 1. The Bertz CT molecular complexity index is 555. The highest BCUT2D eigenvalue weighted by molar-refractivity contribution is 5.46. The Hall–Kier alpha value is -1.84. The molecule has 102 valence electrons. The smallest absolute Gasteiger partial charge is 0.248 e. The molecule has 0 fully saturated rings. The number of aromatic nitrogens is 2. The lowest BCUT2D eigenvalue weighted by Gasteiger charge is -2.12. The molecule has 0 aliphatic rings. The van der Waals surface area contributed by atoms with Crippen molar-refractivity contribution in [3.63, 3.8) is 0 Å². The van der Waals surface area contributed by atoms with Crippen LogP contribution in [0.2, 0.25) is 0 Å². The van der Waals surface area contributed by atoms with Crippen LogP contribution in [0.4, 0.5) is 5.69 Å². The third kappa shape index (κ3) is 3.34. The molecule has 1 heterocycles. The number of anilines is 1. The summed E-state index contributed by atoms with van der Waals surface area (Å²) in [6.07, 6.45) is 0. The number of aryl methyl sites for hydroxylation is 1. The van der Waals surface area contributed by atoms with E-state index in [1.807, 2.05) is 19.1 Å². The van der Waals surface area contributed by atoms with Crippen molar-refractivity contribution in [1.29, 1.82) is 0 Å². The normalized spacial score (nSPS) is 13.3. The van der Waals surface area contributed by atoms with Gasteiger partial charge in [0.1, 0.15) is 6.04 Å². The van der Waals surface area contributed by atoms with Gasteiger partial charge in [-0.15, -0.1) is 0 Å². The molecule has 1 atom stereocenters. The Labute approximate surface area is 114 Å². The Morgan fingerprint density at radius 1 is 1.26 bits per heavy atom. The van der Waals surface area contributed by atoms with Gasteiger partial charge in [0.15, 0.2) is 5.82 Å². The van der Waals surface area contributed by atoms with Crippen molar-refractivity contribution >= 4 is 5.69 Å². The van der Waals surface area contributed by atoms with Crippen molar-refractivity contribution in [2.24, 2.45) is 0 Å². The second-order valence-electron chi connectivity index (χ2n) is 5.94. The summed E-state index contributed by atoms with van der Waals surface area (Å²) < 4.78 is 5.33. The summed E-state index contributed by atoms with van der Waals surface area (Å²) in [5, 5.41) is 7.41. The Morgan fingerprint density at radius 2 is 2.00 bits per heavy atom. The summed E-state index contributed by atoms with van der Waals surface area (Å²) in [5.74, 6) is 1.35. The van der Waals surface area contributed by atoms with Crippen LogP contribution >= 0.6 is 0 Å². The lowest BCUT2D eigenvalue weighted by molar-refractivity contribution is 0.354. The number of nitrogens with zero attached hydrogens (tertiary/aromatic N) is 2. The fourth-order valence-electron chi connectivity index (χ4n) is 1.76. The Morgan fingerprint density at radius 3 is 2.58 bits per heavy atom. The highest BCUT2D eigenvalue weighted by Crippen LogP contribution is 2.23. The maximum absolute atomic E-state index is 5.33. The molecular weight excluding hydrogens is 238 g/mol. The van der Waals surface area contributed by atoms with Gasteiger partial charge < -0.3 is 9.84 Å². The maximum atomic E-state index is 5.33.